The summed E-state index contributed by atoms with van der Waals surface area (Å²) in [7, 11) is 0. The summed E-state index contributed by atoms with van der Waals surface area (Å²) >= 11 is 3.16. The van der Waals surface area contributed by atoms with Gasteiger partial charge in [0.15, 0.2) is 17.4 Å². The molecule has 1 aromatic heterocycles. The average Bonchev–Trinajstić information content (AvgIpc) is 2.45. The predicted octanol–water partition coefficient (Wildman–Crippen LogP) is 2.88. The highest BCUT2D eigenvalue weighted by molar-refractivity contribution is 9.10. The minimum atomic E-state index is -0.574. The van der Waals surface area contributed by atoms with Gasteiger partial charge in [0.05, 0.1) is 11.3 Å². The smallest absolute Gasteiger partial charge is 0.250 e. The van der Waals surface area contributed by atoms with Crippen LogP contribution in [0.1, 0.15) is 16.8 Å². The van der Waals surface area contributed by atoms with Crippen LogP contribution in [-0.2, 0) is 0 Å². The summed E-state index contributed by atoms with van der Waals surface area (Å²) in [6.45, 7) is 3.45. The van der Waals surface area contributed by atoms with Crippen molar-refractivity contribution in [2.24, 2.45) is 10.9 Å². The summed E-state index contributed by atoms with van der Waals surface area (Å²) in [6.07, 6.45) is 0. The Labute approximate surface area is 128 Å². The number of nitrogens with two attached hydrogens (primary N) is 1. The highest BCUT2D eigenvalue weighted by Crippen LogP contribution is 2.29. The van der Waals surface area contributed by atoms with Gasteiger partial charge in [-0.05, 0) is 37.6 Å². The molecule has 0 aliphatic carbocycles. The third-order valence-electron chi connectivity index (χ3n) is 2.89. The number of aryl methyl sites for hydroxylation is 1. The Morgan fingerprint density at radius 1 is 1.38 bits per heavy atom. The van der Waals surface area contributed by atoms with Crippen molar-refractivity contribution >= 4 is 21.8 Å². The molecule has 1 aromatic carbocycles. The molecule has 0 amide bonds. The van der Waals surface area contributed by atoms with Crippen molar-refractivity contribution in [3.05, 3.63) is 45.3 Å². The van der Waals surface area contributed by atoms with Crippen LogP contribution in [0, 0.1) is 19.7 Å². The van der Waals surface area contributed by atoms with E-state index in [9.17, 15) is 4.39 Å². The van der Waals surface area contributed by atoms with E-state index in [0.29, 0.717) is 15.7 Å². The van der Waals surface area contributed by atoms with Crippen molar-refractivity contribution < 1.29 is 14.3 Å². The van der Waals surface area contributed by atoms with E-state index in [0.717, 1.165) is 0 Å². The van der Waals surface area contributed by atoms with Crippen LogP contribution in [-0.4, -0.2) is 21.2 Å². The lowest BCUT2D eigenvalue weighted by atomic mass is 10.1. The summed E-state index contributed by atoms with van der Waals surface area (Å²) < 4.78 is 19.8. The highest BCUT2D eigenvalue weighted by Gasteiger charge is 2.18. The lowest BCUT2D eigenvalue weighted by Gasteiger charge is -2.12. The Bertz CT molecular complexity index is 722. The third kappa shape index (κ3) is 3.10. The molecule has 0 aliphatic rings. The van der Waals surface area contributed by atoms with E-state index in [2.05, 4.69) is 31.3 Å². The molecular weight excluding hydrogens is 343 g/mol. The lowest BCUT2D eigenvalue weighted by molar-refractivity contribution is 0.318. The van der Waals surface area contributed by atoms with Gasteiger partial charge < -0.3 is 15.7 Å². The summed E-state index contributed by atoms with van der Waals surface area (Å²) in [6, 6.07) is 4.31. The van der Waals surface area contributed by atoms with Crippen LogP contribution in [0.4, 0.5) is 4.39 Å². The van der Waals surface area contributed by atoms with E-state index >= 15 is 0 Å². The minimum absolute atomic E-state index is 0.0328. The van der Waals surface area contributed by atoms with E-state index in [-0.39, 0.29) is 23.0 Å². The Balaban J connectivity index is 2.52. The zero-order valence-corrected chi connectivity index (χ0v) is 12.8. The highest BCUT2D eigenvalue weighted by atomic mass is 79.9. The van der Waals surface area contributed by atoms with E-state index in [4.69, 9.17) is 15.7 Å². The second-order valence-corrected chi connectivity index (χ2v) is 5.17. The number of ether oxygens (including phenoxy) is 1. The molecule has 110 valence electrons. The van der Waals surface area contributed by atoms with Gasteiger partial charge in [-0.3, -0.25) is 0 Å². The fourth-order valence-corrected chi connectivity index (χ4v) is 2.01. The number of oxime groups is 1. The number of amidine groups is 1. The number of nitrogens with zero attached hydrogens (tertiary/aromatic N) is 3. The van der Waals surface area contributed by atoms with Gasteiger partial charge in [0.25, 0.3) is 0 Å². The zero-order chi connectivity index (χ0) is 15.6. The largest absolute Gasteiger partial charge is 0.434 e. The van der Waals surface area contributed by atoms with Crippen LogP contribution in [0.3, 0.4) is 0 Å². The first-order valence-corrected chi connectivity index (χ1v) is 6.68. The number of aromatic nitrogens is 2. The molecule has 0 saturated carbocycles. The molecule has 2 rings (SSSR count). The van der Waals surface area contributed by atoms with Gasteiger partial charge in [-0.1, -0.05) is 21.1 Å². The minimum Gasteiger partial charge on any atom is -0.434 e. The molecule has 8 heteroatoms. The molecule has 0 unspecified atom stereocenters. The number of rotatable bonds is 3. The Morgan fingerprint density at radius 2 is 2.10 bits per heavy atom. The normalized spacial score (nSPS) is 11.5. The fourth-order valence-electron chi connectivity index (χ4n) is 1.67. The van der Waals surface area contributed by atoms with Crippen LogP contribution in [0.15, 0.2) is 27.8 Å². The van der Waals surface area contributed by atoms with Crippen molar-refractivity contribution in [2.75, 3.05) is 0 Å². The van der Waals surface area contributed by atoms with E-state index < -0.39 is 5.82 Å². The van der Waals surface area contributed by atoms with Crippen LogP contribution in [0.25, 0.3) is 0 Å². The molecule has 0 spiro atoms. The molecule has 0 fully saturated rings. The van der Waals surface area contributed by atoms with Crippen molar-refractivity contribution in [3.63, 3.8) is 0 Å². The van der Waals surface area contributed by atoms with Gasteiger partial charge in [0, 0.05) is 4.47 Å². The van der Waals surface area contributed by atoms with Crippen molar-refractivity contribution in [1.82, 2.24) is 10.2 Å². The molecule has 2 aromatic rings. The number of benzene rings is 1. The summed E-state index contributed by atoms with van der Waals surface area (Å²) in [5.74, 6) is -0.828. The fraction of sp³-hybridized carbons (Fsp3) is 0.154. The molecule has 0 aliphatic heterocycles. The second kappa shape index (κ2) is 6.04. The van der Waals surface area contributed by atoms with Crippen LogP contribution in [0.2, 0.25) is 0 Å². The molecule has 0 radical (unpaired) electrons. The Hall–Kier alpha value is -2.22. The molecule has 0 bridgehead atoms. The first-order valence-electron chi connectivity index (χ1n) is 5.88. The second-order valence-electron chi connectivity index (χ2n) is 4.25. The molecule has 21 heavy (non-hydrogen) atoms. The number of hydrogen-bond acceptors (Lipinski definition) is 5. The maximum atomic E-state index is 13.8. The van der Waals surface area contributed by atoms with Crippen molar-refractivity contribution in [2.45, 2.75) is 13.8 Å². The third-order valence-corrected chi connectivity index (χ3v) is 3.38. The van der Waals surface area contributed by atoms with Crippen molar-refractivity contribution in [1.29, 1.82) is 0 Å². The zero-order valence-electron chi connectivity index (χ0n) is 11.3. The first kappa shape index (κ1) is 15.2. The maximum Gasteiger partial charge on any atom is 0.250 e. The van der Waals surface area contributed by atoms with Crippen molar-refractivity contribution in [3.8, 4) is 11.6 Å². The van der Waals surface area contributed by atoms with Gasteiger partial charge in [0.1, 0.15) is 0 Å². The molecule has 0 saturated heterocycles. The van der Waals surface area contributed by atoms with Gasteiger partial charge in [-0.25, -0.2) is 4.39 Å². The average molecular weight is 355 g/mol. The molecule has 0 atom stereocenters. The summed E-state index contributed by atoms with van der Waals surface area (Å²) in [5, 5.41) is 19.6. The predicted molar refractivity (Wildman–Crippen MR) is 78.2 cm³/mol. The SMILES string of the molecule is Cc1nnc(Oc2ccc(Br)cc2F)c(/C(N)=N/O)c1C. The first-order chi connectivity index (χ1) is 9.93. The Kier molecular flexibility index (Phi) is 4.37. The lowest BCUT2D eigenvalue weighted by Crippen LogP contribution is -2.18. The van der Waals surface area contributed by atoms with Gasteiger partial charge >= 0.3 is 0 Å². The van der Waals surface area contributed by atoms with Gasteiger partial charge in [-0.2, -0.15) is 5.10 Å². The topological polar surface area (TPSA) is 93.6 Å². The molecule has 1 heterocycles. The van der Waals surface area contributed by atoms with Crippen LogP contribution in [0.5, 0.6) is 11.6 Å². The standard InChI is InChI=1S/C13H12BrFN4O2/c1-6-7(2)17-18-13(11(6)12(16)19-20)21-10-4-3-8(14)5-9(10)15/h3-5,20H,1-2H3,(H2,16,19). The Morgan fingerprint density at radius 3 is 2.71 bits per heavy atom. The monoisotopic (exact) mass is 354 g/mol. The van der Waals surface area contributed by atoms with Crippen LogP contribution >= 0.6 is 15.9 Å². The molecular formula is C13H12BrFN4O2. The summed E-state index contributed by atoms with van der Waals surface area (Å²) in [4.78, 5) is 0. The van der Waals surface area contributed by atoms with Crippen LogP contribution < -0.4 is 10.5 Å². The van der Waals surface area contributed by atoms with E-state index in [1.807, 2.05) is 0 Å². The van der Waals surface area contributed by atoms with E-state index in [1.54, 1.807) is 19.9 Å². The van der Waals surface area contributed by atoms with E-state index in [1.165, 1.54) is 12.1 Å². The number of halogens is 2. The summed E-state index contributed by atoms with van der Waals surface area (Å²) in [5.41, 5.74) is 7.13. The van der Waals surface area contributed by atoms with Gasteiger partial charge in [-0.15, -0.1) is 5.10 Å². The number of hydrogen-bond donors (Lipinski definition) is 2. The quantitative estimate of drug-likeness (QED) is 0.382. The maximum absolute atomic E-state index is 13.8. The van der Waals surface area contributed by atoms with Gasteiger partial charge in [0.2, 0.25) is 5.88 Å². The molecule has 3 N–H and O–H groups in total. The molecule has 6 nitrogen and oxygen atoms in total.